The van der Waals surface area contributed by atoms with Gasteiger partial charge in [0.15, 0.2) is 0 Å². The van der Waals surface area contributed by atoms with Crippen LogP contribution in [0, 0.1) is 5.92 Å². The minimum absolute atomic E-state index is 0.131. The van der Waals surface area contributed by atoms with E-state index in [-0.39, 0.29) is 11.8 Å². The second-order valence-electron chi connectivity index (χ2n) is 12.4. The number of benzene rings is 3. The van der Waals surface area contributed by atoms with Gasteiger partial charge in [0.2, 0.25) is 5.91 Å². The number of nitrogens with zero attached hydrogens (tertiary/aromatic N) is 1. The zero-order valence-electron chi connectivity index (χ0n) is 25.0. The van der Waals surface area contributed by atoms with Crippen molar-refractivity contribution in [2.75, 3.05) is 39.4 Å². The van der Waals surface area contributed by atoms with Gasteiger partial charge < -0.3 is 19.7 Å². The first-order chi connectivity index (χ1) is 21.2. The Kier molecular flexibility index (Phi) is 8.08. The molecule has 3 heterocycles. The number of fused-ring (bicyclic) bond motifs is 2. The van der Waals surface area contributed by atoms with Crippen LogP contribution < -0.4 is 14.8 Å². The summed E-state index contributed by atoms with van der Waals surface area (Å²) in [6, 6.07) is 23.7. The molecule has 0 bridgehead atoms. The SMILES string of the molecule is O=C(NCCc1ccc2c(c1)CCO2)C(C1=CCCC=C1)(c1ccccc1)[C@@H]1CCN(CCc2ccc3c(c2)CCO3)C1. The largest absolute Gasteiger partial charge is 0.493 e. The molecule has 1 unspecified atom stereocenters. The van der Waals surface area contributed by atoms with Crippen molar-refractivity contribution in [1.29, 1.82) is 0 Å². The maximum Gasteiger partial charge on any atom is 0.235 e. The van der Waals surface area contributed by atoms with Crippen LogP contribution in [0.25, 0.3) is 0 Å². The van der Waals surface area contributed by atoms with E-state index in [1.807, 2.05) is 0 Å². The van der Waals surface area contributed by atoms with Gasteiger partial charge in [0.25, 0.3) is 0 Å². The molecule has 7 rings (SSSR count). The number of ether oxygens (including phenoxy) is 2. The molecular weight excluding hydrogens is 532 g/mol. The third-order valence-electron chi connectivity index (χ3n) is 9.85. The predicted octanol–water partition coefficient (Wildman–Crippen LogP) is 5.99. The fourth-order valence-corrected chi connectivity index (χ4v) is 7.62. The highest BCUT2D eigenvalue weighted by molar-refractivity contribution is 5.93. The van der Waals surface area contributed by atoms with Gasteiger partial charge in [0.1, 0.15) is 16.9 Å². The lowest BCUT2D eigenvalue weighted by molar-refractivity contribution is -0.127. The molecule has 5 heteroatoms. The first-order valence-electron chi connectivity index (χ1n) is 16.1. The van der Waals surface area contributed by atoms with Crippen LogP contribution in [0.5, 0.6) is 11.5 Å². The minimum atomic E-state index is -0.719. The summed E-state index contributed by atoms with van der Waals surface area (Å²) < 4.78 is 11.4. The van der Waals surface area contributed by atoms with Crippen LogP contribution in [-0.4, -0.2) is 50.2 Å². The van der Waals surface area contributed by atoms with Crippen LogP contribution in [0.3, 0.4) is 0 Å². The van der Waals surface area contributed by atoms with Crippen molar-refractivity contribution in [3.8, 4) is 11.5 Å². The molecule has 43 heavy (non-hydrogen) atoms. The van der Waals surface area contributed by atoms with Gasteiger partial charge in [-0.1, -0.05) is 72.8 Å². The standard InChI is InChI=1S/C38H42N2O3/c41-37(39-20-15-28-11-13-35-30(25-28)18-23-42-35)38(32-7-3-1-4-8-32,33-9-5-2-6-10-33)34-17-22-40(27-34)21-16-29-12-14-36-31(26-29)19-24-43-36/h1,3-5,7-14,25-26,34H,2,6,15-24,27H2,(H,39,41)/t34-,38?/m1/s1. The summed E-state index contributed by atoms with van der Waals surface area (Å²) in [6.07, 6.45) is 13.6. The van der Waals surface area contributed by atoms with Crippen LogP contribution in [0.2, 0.25) is 0 Å². The average Bonchev–Trinajstić information content (AvgIpc) is 3.83. The number of hydrogen-bond acceptors (Lipinski definition) is 4. The third kappa shape index (κ3) is 5.63. The minimum Gasteiger partial charge on any atom is -0.493 e. The van der Waals surface area contributed by atoms with Crippen LogP contribution in [0.4, 0.5) is 0 Å². The van der Waals surface area contributed by atoms with Crippen molar-refractivity contribution in [1.82, 2.24) is 10.2 Å². The Morgan fingerprint density at radius 1 is 0.884 bits per heavy atom. The van der Waals surface area contributed by atoms with Crippen molar-refractivity contribution in [2.45, 2.75) is 50.4 Å². The fourth-order valence-electron chi connectivity index (χ4n) is 7.62. The predicted molar refractivity (Wildman–Crippen MR) is 171 cm³/mol. The molecule has 1 aliphatic carbocycles. The average molecular weight is 575 g/mol. The number of rotatable bonds is 10. The van der Waals surface area contributed by atoms with E-state index in [1.54, 1.807) is 0 Å². The maximum absolute atomic E-state index is 14.7. The van der Waals surface area contributed by atoms with Crippen LogP contribution in [0.15, 0.2) is 90.5 Å². The molecule has 0 aromatic heterocycles. The van der Waals surface area contributed by atoms with Gasteiger partial charge in [-0.15, -0.1) is 0 Å². The number of carbonyl (C=O) groups excluding carboxylic acids is 1. The number of hydrogen-bond donors (Lipinski definition) is 1. The van der Waals surface area contributed by atoms with Gasteiger partial charge in [-0.25, -0.2) is 0 Å². The number of nitrogens with one attached hydrogen (secondary N) is 1. The number of allylic oxidation sites excluding steroid dienone is 3. The highest BCUT2D eigenvalue weighted by Gasteiger charge is 2.51. The van der Waals surface area contributed by atoms with Crippen molar-refractivity contribution >= 4 is 5.91 Å². The molecule has 1 N–H and O–H groups in total. The number of amides is 1. The van der Waals surface area contributed by atoms with Gasteiger partial charge >= 0.3 is 0 Å². The molecule has 5 nitrogen and oxygen atoms in total. The maximum atomic E-state index is 14.7. The molecule has 3 aliphatic heterocycles. The van der Waals surface area contributed by atoms with Gasteiger partial charge in [-0.05, 0) is 90.1 Å². The second kappa shape index (κ2) is 12.4. The van der Waals surface area contributed by atoms with Gasteiger partial charge in [-0.2, -0.15) is 0 Å². The molecule has 3 aromatic rings. The smallest absolute Gasteiger partial charge is 0.235 e. The Hall–Kier alpha value is -3.83. The van der Waals surface area contributed by atoms with E-state index >= 15 is 0 Å². The molecule has 3 aromatic carbocycles. The monoisotopic (exact) mass is 574 g/mol. The van der Waals surface area contributed by atoms with Crippen LogP contribution >= 0.6 is 0 Å². The molecule has 2 atom stereocenters. The van der Waals surface area contributed by atoms with E-state index in [0.29, 0.717) is 6.54 Å². The first kappa shape index (κ1) is 28.0. The van der Waals surface area contributed by atoms with E-state index in [1.165, 1.54) is 22.3 Å². The molecule has 4 aliphatic rings. The quantitative estimate of drug-likeness (QED) is 0.323. The fraction of sp³-hybridized carbons (Fsp3) is 0.395. The van der Waals surface area contributed by atoms with E-state index in [9.17, 15) is 4.79 Å². The summed E-state index contributed by atoms with van der Waals surface area (Å²) in [5.41, 5.74) is 6.77. The first-order valence-corrected chi connectivity index (χ1v) is 16.1. The molecule has 222 valence electrons. The third-order valence-corrected chi connectivity index (χ3v) is 9.85. The molecular formula is C38H42N2O3. The molecule has 1 saturated heterocycles. The topological polar surface area (TPSA) is 50.8 Å². The normalized spacial score (nSPS) is 20.5. The highest BCUT2D eigenvalue weighted by Crippen LogP contribution is 2.46. The lowest BCUT2D eigenvalue weighted by atomic mass is 9.63. The summed E-state index contributed by atoms with van der Waals surface area (Å²) in [7, 11) is 0. The Labute approximate surface area is 255 Å². The zero-order chi connectivity index (χ0) is 29.1. The summed E-state index contributed by atoms with van der Waals surface area (Å²) in [6.45, 7) is 5.09. The van der Waals surface area contributed by atoms with E-state index in [2.05, 4.69) is 95.2 Å². The van der Waals surface area contributed by atoms with Gasteiger partial charge in [0.05, 0.1) is 13.2 Å². The summed E-state index contributed by atoms with van der Waals surface area (Å²) in [5.74, 6) is 2.37. The van der Waals surface area contributed by atoms with E-state index in [0.717, 1.165) is 100 Å². The lowest BCUT2D eigenvalue weighted by Crippen LogP contribution is -2.52. The number of carbonyl (C=O) groups is 1. The van der Waals surface area contributed by atoms with Gasteiger partial charge in [0, 0.05) is 32.5 Å². The van der Waals surface area contributed by atoms with Crippen molar-refractivity contribution in [3.05, 3.63) is 118 Å². The molecule has 0 saturated carbocycles. The van der Waals surface area contributed by atoms with E-state index in [4.69, 9.17) is 9.47 Å². The summed E-state index contributed by atoms with van der Waals surface area (Å²) >= 11 is 0. The highest BCUT2D eigenvalue weighted by atomic mass is 16.5. The Bertz CT molecular complexity index is 1530. The zero-order valence-corrected chi connectivity index (χ0v) is 25.0. The summed E-state index contributed by atoms with van der Waals surface area (Å²) in [5, 5.41) is 3.43. The molecule has 0 spiro atoms. The Morgan fingerprint density at radius 3 is 2.30 bits per heavy atom. The summed E-state index contributed by atoms with van der Waals surface area (Å²) in [4.78, 5) is 17.3. The van der Waals surface area contributed by atoms with Gasteiger partial charge in [-0.3, -0.25) is 4.79 Å². The van der Waals surface area contributed by atoms with Crippen LogP contribution in [0.1, 0.15) is 47.1 Å². The van der Waals surface area contributed by atoms with Crippen LogP contribution in [-0.2, 0) is 35.9 Å². The lowest BCUT2D eigenvalue weighted by Gasteiger charge is -2.40. The molecule has 0 radical (unpaired) electrons. The second-order valence-corrected chi connectivity index (χ2v) is 12.4. The molecule has 1 amide bonds. The van der Waals surface area contributed by atoms with E-state index < -0.39 is 5.41 Å². The Morgan fingerprint density at radius 2 is 1.60 bits per heavy atom. The van der Waals surface area contributed by atoms with Crippen molar-refractivity contribution in [3.63, 3.8) is 0 Å². The number of likely N-dealkylation sites (tertiary alicyclic amines) is 1. The molecule has 1 fully saturated rings. The van der Waals surface area contributed by atoms with Crippen molar-refractivity contribution in [2.24, 2.45) is 5.92 Å². The Balaban J connectivity index is 1.11. The van der Waals surface area contributed by atoms with Crippen molar-refractivity contribution < 1.29 is 14.3 Å².